The zero-order chi connectivity index (χ0) is 17.9. The highest BCUT2D eigenvalue weighted by molar-refractivity contribution is 7.14. The second-order valence-electron chi connectivity index (χ2n) is 6.06. The molecule has 26 heavy (non-hydrogen) atoms. The fourth-order valence-electron chi connectivity index (χ4n) is 2.88. The first kappa shape index (κ1) is 16.4. The van der Waals surface area contributed by atoms with E-state index in [1.165, 1.54) is 16.9 Å². The molecule has 0 atom stereocenters. The number of nitrogens with zero attached hydrogens (tertiary/aromatic N) is 1. The normalized spacial score (nSPS) is 10.8. The second-order valence-corrected chi connectivity index (χ2v) is 6.97. The van der Waals surface area contributed by atoms with Gasteiger partial charge in [-0.15, -0.1) is 11.3 Å². The van der Waals surface area contributed by atoms with Crippen LogP contribution in [0.3, 0.4) is 0 Å². The second kappa shape index (κ2) is 7.01. The highest BCUT2D eigenvalue weighted by Gasteiger charge is 2.14. The van der Waals surface area contributed by atoms with Gasteiger partial charge >= 0.3 is 0 Å². The summed E-state index contributed by atoms with van der Waals surface area (Å²) in [6.07, 6.45) is 3.60. The molecule has 4 aromatic rings. The van der Waals surface area contributed by atoms with Crippen LogP contribution in [0, 0.1) is 6.92 Å². The molecule has 3 aromatic heterocycles. The van der Waals surface area contributed by atoms with E-state index in [9.17, 15) is 4.79 Å². The van der Waals surface area contributed by atoms with Crippen molar-refractivity contribution in [2.45, 2.75) is 13.5 Å². The Morgan fingerprint density at radius 1 is 1.23 bits per heavy atom. The van der Waals surface area contributed by atoms with E-state index in [2.05, 4.69) is 26.7 Å². The van der Waals surface area contributed by atoms with Gasteiger partial charge in [-0.25, -0.2) is 4.98 Å². The Morgan fingerprint density at radius 2 is 2.15 bits per heavy atom. The first-order valence-electron chi connectivity index (χ1n) is 8.31. The first-order chi connectivity index (χ1) is 12.7. The molecular formula is C20H18N4OS. The maximum atomic E-state index is 12.6. The number of amides is 1. The van der Waals surface area contributed by atoms with Crippen molar-refractivity contribution < 1.29 is 4.79 Å². The van der Waals surface area contributed by atoms with Gasteiger partial charge in [-0.3, -0.25) is 4.79 Å². The van der Waals surface area contributed by atoms with E-state index in [-0.39, 0.29) is 5.91 Å². The van der Waals surface area contributed by atoms with Crippen molar-refractivity contribution in [2.24, 2.45) is 0 Å². The van der Waals surface area contributed by atoms with Crippen LogP contribution in [0.4, 0.5) is 10.7 Å². The van der Waals surface area contributed by atoms with E-state index in [0.29, 0.717) is 12.1 Å². The molecule has 0 aliphatic heterocycles. The lowest BCUT2D eigenvalue weighted by Crippen LogP contribution is -2.23. The third-order valence-corrected chi connectivity index (χ3v) is 4.98. The molecule has 0 saturated carbocycles. The molecule has 0 bridgehead atoms. The Morgan fingerprint density at radius 3 is 3.04 bits per heavy atom. The number of H-pyrrole nitrogens is 1. The van der Waals surface area contributed by atoms with Gasteiger partial charge in [0.25, 0.3) is 5.91 Å². The molecule has 0 saturated heterocycles. The number of rotatable bonds is 5. The predicted octanol–water partition coefficient (Wildman–Crippen LogP) is 4.61. The number of aromatic nitrogens is 2. The van der Waals surface area contributed by atoms with E-state index >= 15 is 0 Å². The Hall–Kier alpha value is -3.12. The number of nitrogens with one attached hydrogen (secondary N) is 3. The lowest BCUT2D eigenvalue weighted by Gasteiger charge is -2.09. The third-order valence-electron chi connectivity index (χ3n) is 4.15. The highest BCUT2D eigenvalue weighted by atomic mass is 32.1. The molecule has 5 nitrogen and oxygen atoms in total. The van der Waals surface area contributed by atoms with Gasteiger partial charge in [-0.05, 0) is 36.1 Å². The van der Waals surface area contributed by atoms with E-state index < -0.39 is 0 Å². The zero-order valence-corrected chi connectivity index (χ0v) is 15.1. The van der Waals surface area contributed by atoms with Gasteiger partial charge in [-0.2, -0.15) is 0 Å². The lowest BCUT2D eigenvalue weighted by atomic mass is 10.1. The van der Waals surface area contributed by atoms with Crippen molar-refractivity contribution in [2.75, 3.05) is 5.32 Å². The number of thiophene rings is 1. The largest absolute Gasteiger partial charge is 0.348 e. The first-order valence-corrected chi connectivity index (χ1v) is 9.19. The Balaban J connectivity index is 1.51. The fraction of sp³-hybridized carbons (Fsp3) is 0.100. The van der Waals surface area contributed by atoms with Crippen LogP contribution in [0.25, 0.3) is 11.0 Å². The number of pyridine rings is 1. The molecule has 1 aromatic carbocycles. The van der Waals surface area contributed by atoms with Crippen LogP contribution >= 0.6 is 11.3 Å². The van der Waals surface area contributed by atoms with Crippen molar-refractivity contribution in [3.63, 3.8) is 0 Å². The topological polar surface area (TPSA) is 69.8 Å². The maximum Gasteiger partial charge on any atom is 0.254 e. The summed E-state index contributed by atoms with van der Waals surface area (Å²) in [6, 6.07) is 13.9. The molecule has 3 N–H and O–H groups in total. The van der Waals surface area contributed by atoms with Crippen LogP contribution in [-0.2, 0) is 6.54 Å². The zero-order valence-electron chi connectivity index (χ0n) is 14.2. The van der Waals surface area contributed by atoms with Gasteiger partial charge in [0.15, 0.2) is 0 Å². The van der Waals surface area contributed by atoms with Crippen molar-refractivity contribution in [3.8, 4) is 0 Å². The highest BCUT2D eigenvalue weighted by Crippen LogP contribution is 2.30. The lowest BCUT2D eigenvalue weighted by molar-refractivity contribution is 0.0952. The molecule has 0 aliphatic rings. The van der Waals surface area contributed by atoms with Crippen LogP contribution < -0.4 is 10.6 Å². The Labute approximate surface area is 155 Å². The van der Waals surface area contributed by atoms with E-state index in [0.717, 1.165) is 27.3 Å². The van der Waals surface area contributed by atoms with Crippen LogP contribution in [0.5, 0.6) is 0 Å². The van der Waals surface area contributed by atoms with Crippen LogP contribution in [0.1, 0.15) is 21.5 Å². The molecule has 0 fully saturated rings. The molecule has 6 heteroatoms. The van der Waals surface area contributed by atoms with Gasteiger partial charge in [-0.1, -0.05) is 29.8 Å². The standard InChI is InChI=1S/C20H18N4OS/c1-13-3-2-4-14(11-13)12-23-19(25)16-7-10-26-20(16)24-17-6-9-22-18-15(17)5-8-21-18/h2-11H,12H2,1H3,(H,23,25)(H2,21,22,24). The molecule has 0 unspecified atom stereocenters. The molecule has 0 aliphatic carbocycles. The van der Waals surface area contributed by atoms with Gasteiger partial charge in [0, 0.05) is 24.3 Å². The summed E-state index contributed by atoms with van der Waals surface area (Å²) in [5.41, 5.74) is 4.65. The average molecular weight is 362 g/mol. The summed E-state index contributed by atoms with van der Waals surface area (Å²) >= 11 is 1.51. The van der Waals surface area contributed by atoms with Crippen LogP contribution in [0.15, 0.2) is 60.2 Å². The summed E-state index contributed by atoms with van der Waals surface area (Å²) in [4.78, 5) is 20.0. The van der Waals surface area contributed by atoms with Gasteiger partial charge < -0.3 is 15.6 Å². The van der Waals surface area contributed by atoms with Gasteiger partial charge in [0.2, 0.25) is 0 Å². The minimum atomic E-state index is -0.0883. The van der Waals surface area contributed by atoms with Gasteiger partial charge in [0.1, 0.15) is 10.6 Å². The third kappa shape index (κ3) is 3.32. The molecule has 1 amide bonds. The van der Waals surface area contributed by atoms with Gasteiger partial charge in [0.05, 0.1) is 11.3 Å². The number of fused-ring (bicyclic) bond motifs is 1. The number of anilines is 2. The monoisotopic (exact) mass is 362 g/mol. The molecule has 3 heterocycles. The molecule has 130 valence electrons. The predicted molar refractivity (Wildman–Crippen MR) is 106 cm³/mol. The van der Waals surface area contributed by atoms with E-state index in [1.807, 2.05) is 54.9 Å². The number of hydrogen-bond acceptors (Lipinski definition) is 4. The minimum Gasteiger partial charge on any atom is -0.348 e. The van der Waals surface area contributed by atoms with Crippen LogP contribution in [-0.4, -0.2) is 15.9 Å². The molecule has 4 rings (SSSR count). The summed E-state index contributed by atoms with van der Waals surface area (Å²) in [5, 5.41) is 10.1. The van der Waals surface area contributed by atoms with Crippen molar-refractivity contribution in [1.29, 1.82) is 0 Å². The van der Waals surface area contributed by atoms with Crippen LogP contribution in [0.2, 0.25) is 0 Å². The number of aryl methyl sites for hydroxylation is 1. The molecule has 0 radical (unpaired) electrons. The minimum absolute atomic E-state index is 0.0883. The summed E-state index contributed by atoms with van der Waals surface area (Å²) in [5.74, 6) is -0.0883. The van der Waals surface area contributed by atoms with Crippen molar-refractivity contribution in [1.82, 2.24) is 15.3 Å². The number of benzene rings is 1. The number of carbonyl (C=O) groups excluding carboxylic acids is 1. The summed E-state index contributed by atoms with van der Waals surface area (Å²) in [7, 11) is 0. The average Bonchev–Trinajstić information content (AvgIpc) is 3.29. The maximum absolute atomic E-state index is 12.6. The Kier molecular flexibility index (Phi) is 4.41. The van der Waals surface area contributed by atoms with E-state index in [1.54, 1.807) is 6.20 Å². The summed E-state index contributed by atoms with van der Waals surface area (Å²) < 4.78 is 0. The van der Waals surface area contributed by atoms with Crippen molar-refractivity contribution >= 4 is 39.0 Å². The SMILES string of the molecule is Cc1cccc(CNC(=O)c2ccsc2Nc2ccnc3[nH]ccc23)c1. The number of carbonyl (C=O) groups is 1. The molecule has 0 spiro atoms. The fourth-order valence-corrected chi connectivity index (χ4v) is 3.67. The molecular weight excluding hydrogens is 344 g/mol. The number of hydrogen-bond donors (Lipinski definition) is 3. The van der Waals surface area contributed by atoms with E-state index in [4.69, 9.17) is 0 Å². The smallest absolute Gasteiger partial charge is 0.254 e. The number of aromatic amines is 1. The van der Waals surface area contributed by atoms with Crippen molar-refractivity contribution in [3.05, 3.63) is 76.9 Å². The quantitative estimate of drug-likeness (QED) is 0.486. The Bertz CT molecular complexity index is 1070. The summed E-state index contributed by atoms with van der Waals surface area (Å²) in [6.45, 7) is 2.55.